The fourth-order valence-electron chi connectivity index (χ4n) is 7.24. The number of carbonyl (C=O) groups excluding carboxylic acids is 3. The average Bonchev–Trinajstić information content (AvgIpc) is 4.01. The van der Waals surface area contributed by atoms with E-state index in [0.717, 1.165) is 10.7 Å². The van der Waals surface area contributed by atoms with Crippen LogP contribution in [0.5, 0.6) is 11.6 Å². The number of hydrogen-bond donors (Lipinski definition) is 3. The van der Waals surface area contributed by atoms with Crippen LogP contribution in [0.3, 0.4) is 0 Å². The van der Waals surface area contributed by atoms with E-state index in [9.17, 15) is 32.7 Å². The van der Waals surface area contributed by atoms with Crippen molar-refractivity contribution in [2.24, 2.45) is 17.8 Å². The molecule has 3 fully saturated rings. The summed E-state index contributed by atoms with van der Waals surface area (Å²) >= 11 is 0. The Bertz CT molecular complexity index is 1820. The van der Waals surface area contributed by atoms with Gasteiger partial charge in [-0.25, -0.2) is 27.5 Å². The molecule has 4 amide bonds. The second kappa shape index (κ2) is 13.7. The highest BCUT2D eigenvalue weighted by atomic mass is 32.2. The molecule has 1 saturated heterocycles. The minimum Gasteiger partial charge on any atom is -0.497 e. The van der Waals surface area contributed by atoms with Crippen LogP contribution in [0, 0.1) is 17.8 Å². The number of sulfonamides is 1. The first-order valence-corrected chi connectivity index (χ1v) is 18.5. The van der Waals surface area contributed by atoms with Gasteiger partial charge in [-0.2, -0.15) is 0 Å². The monoisotopic (exact) mass is 712 g/mol. The van der Waals surface area contributed by atoms with E-state index in [-0.39, 0.29) is 31.2 Å². The second-order valence-corrected chi connectivity index (χ2v) is 16.3. The molecule has 7 atom stereocenters. The van der Waals surface area contributed by atoms with Gasteiger partial charge in [0.25, 0.3) is 5.91 Å². The molecule has 4 aliphatic rings. The number of ether oxygens (including phenoxy) is 2. The molecule has 270 valence electrons. The zero-order valence-electron chi connectivity index (χ0n) is 28.6. The van der Waals surface area contributed by atoms with Gasteiger partial charge >= 0.3 is 6.09 Å². The lowest BCUT2D eigenvalue weighted by atomic mass is 9.88. The number of allylic oxidation sites excluding steroid dienone is 1. The van der Waals surface area contributed by atoms with Crippen LogP contribution in [-0.4, -0.2) is 106 Å². The normalized spacial score (nSPS) is 30.3. The van der Waals surface area contributed by atoms with Crippen molar-refractivity contribution in [3.05, 3.63) is 36.5 Å². The van der Waals surface area contributed by atoms with E-state index in [1.165, 1.54) is 18.1 Å². The molecule has 0 radical (unpaired) electrons. The Kier molecular flexibility index (Phi) is 9.68. The van der Waals surface area contributed by atoms with Crippen LogP contribution in [0.25, 0.3) is 11.0 Å². The fourth-order valence-corrected chi connectivity index (χ4v) is 8.82. The zero-order chi connectivity index (χ0) is 36.0. The van der Waals surface area contributed by atoms with E-state index in [0.29, 0.717) is 42.5 Å². The Morgan fingerprint density at radius 1 is 1.14 bits per heavy atom. The van der Waals surface area contributed by atoms with Crippen molar-refractivity contribution in [2.45, 2.75) is 87.8 Å². The molecule has 16 heteroatoms. The first-order chi connectivity index (χ1) is 23.7. The van der Waals surface area contributed by atoms with E-state index in [4.69, 9.17) is 9.47 Å². The molecular weight excluding hydrogens is 668 g/mol. The zero-order valence-corrected chi connectivity index (χ0v) is 29.4. The Morgan fingerprint density at radius 3 is 2.60 bits per heavy atom. The summed E-state index contributed by atoms with van der Waals surface area (Å²) < 4.78 is 38.4. The lowest BCUT2D eigenvalue weighted by Crippen LogP contribution is -2.59. The van der Waals surface area contributed by atoms with Crippen molar-refractivity contribution in [3.63, 3.8) is 0 Å². The van der Waals surface area contributed by atoms with Crippen molar-refractivity contribution in [1.29, 1.82) is 0 Å². The number of hydrogen-bond acceptors (Lipinski definition) is 10. The largest absolute Gasteiger partial charge is 0.497 e. The molecule has 2 aliphatic carbocycles. The van der Waals surface area contributed by atoms with Crippen LogP contribution in [0.4, 0.5) is 4.79 Å². The van der Waals surface area contributed by atoms with Gasteiger partial charge in [-0.1, -0.05) is 26.0 Å². The third kappa shape index (κ3) is 7.07. The maximum Gasteiger partial charge on any atom is 0.405 e. The molecule has 15 nitrogen and oxygen atoms in total. The summed E-state index contributed by atoms with van der Waals surface area (Å²) in [7, 11) is -1.12. The maximum atomic E-state index is 14.3. The van der Waals surface area contributed by atoms with Gasteiger partial charge in [0.05, 0.1) is 36.1 Å². The van der Waals surface area contributed by atoms with E-state index in [1.807, 2.05) is 19.1 Å². The summed E-state index contributed by atoms with van der Waals surface area (Å²) in [5.41, 5.74) is -0.398. The van der Waals surface area contributed by atoms with Crippen molar-refractivity contribution in [1.82, 2.24) is 29.8 Å². The number of nitrogens with zero attached hydrogens (tertiary/aromatic N) is 4. The van der Waals surface area contributed by atoms with Crippen LogP contribution >= 0.6 is 0 Å². The second-order valence-electron chi connectivity index (χ2n) is 14.1. The van der Waals surface area contributed by atoms with Gasteiger partial charge in [-0.3, -0.25) is 14.4 Å². The van der Waals surface area contributed by atoms with Crippen LogP contribution in [0.15, 0.2) is 36.5 Å². The van der Waals surface area contributed by atoms with Crippen molar-refractivity contribution >= 4 is 44.9 Å². The number of benzene rings is 1. The number of carbonyl (C=O) groups is 4. The van der Waals surface area contributed by atoms with Crippen LogP contribution < -0.4 is 20.1 Å². The third-order valence-electron chi connectivity index (χ3n) is 10.3. The van der Waals surface area contributed by atoms with Gasteiger partial charge in [0.1, 0.15) is 29.5 Å². The summed E-state index contributed by atoms with van der Waals surface area (Å²) in [5.74, 6) is -1.93. The highest BCUT2D eigenvalue weighted by Gasteiger charge is 2.63. The summed E-state index contributed by atoms with van der Waals surface area (Å²) in [6, 6.07) is 2.88. The van der Waals surface area contributed by atoms with Crippen molar-refractivity contribution in [3.8, 4) is 11.6 Å². The van der Waals surface area contributed by atoms with Crippen molar-refractivity contribution < 1.29 is 42.2 Å². The molecule has 2 aromatic rings. The smallest absolute Gasteiger partial charge is 0.405 e. The first kappa shape index (κ1) is 35.4. The number of methoxy groups -OCH3 is 1. The van der Waals surface area contributed by atoms with Gasteiger partial charge in [0.15, 0.2) is 0 Å². The number of fused-ring (bicyclic) bond motifs is 3. The van der Waals surface area contributed by atoms with E-state index >= 15 is 0 Å². The first-order valence-electron chi connectivity index (χ1n) is 17.0. The molecule has 6 rings (SSSR count). The Morgan fingerprint density at radius 2 is 1.90 bits per heavy atom. The average molecular weight is 713 g/mol. The van der Waals surface area contributed by atoms with Gasteiger partial charge in [-0.05, 0) is 62.5 Å². The standard InChI is InChI=1S/C34H44N6O9S/c1-19-7-5-6-8-21-16-34(21,32(43)39(3)50(46,47)24-10-11-24)38-30(41)27-15-23(18-40(27)31(42)29(20(2)13-19)37-33(44)45)49-28-17-35-26-14-22(48-4)9-12-25(26)36-28/h6,8-9,12,14,17,19-21,23-24,27,29,37H,5,7,10-11,13,15-16,18H2,1-4H3,(H,38,41)(H,44,45)/t19-,20-,21-,23-,27+,29+,34-/m1/s1. The highest BCUT2D eigenvalue weighted by Crippen LogP contribution is 2.47. The van der Waals surface area contributed by atoms with E-state index in [1.54, 1.807) is 32.2 Å². The number of nitrogens with one attached hydrogen (secondary N) is 2. The van der Waals surface area contributed by atoms with Crippen LogP contribution in [0.2, 0.25) is 0 Å². The molecule has 0 unspecified atom stereocenters. The number of likely N-dealkylation sites (N-methyl/N-ethyl adjacent to an activating group) is 1. The summed E-state index contributed by atoms with van der Waals surface area (Å²) in [6.07, 6.45) is 6.22. The molecule has 3 N–H and O–H groups in total. The Labute approximate surface area is 290 Å². The highest BCUT2D eigenvalue weighted by molar-refractivity contribution is 7.90. The van der Waals surface area contributed by atoms with Gasteiger partial charge in [0.2, 0.25) is 27.7 Å². The maximum absolute atomic E-state index is 14.3. The third-order valence-corrected chi connectivity index (χ3v) is 12.5. The fraction of sp³-hybridized carbons (Fsp3) is 0.588. The lowest BCUT2D eigenvalue weighted by molar-refractivity contribution is -0.142. The molecule has 0 spiro atoms. The minimum atomic E-state index is -3.89. The summed E-state index contributed by atoms with van der Waals surface area (Å²) in [6.45, 7) is 3.77. The molecule has 1 aromatic carbocycles. The summed E-state index contributed by atoms with van der Waals surface area (Å²) in [5, 5.41) is 14.3. The SMILES string of the molecule is COc1ccc2nc(O[C@@H]3C[C@H]4C(=O)N[C@]5(C(=O)N(C)S(=O)(=O)C6CC6)C[C@H]5C=CCC[C@@H](C)C[C@@H](C)[C@H](NC(=O)O)C(=O)N4C3)cnc2c1. The van der Waals surface area contributed by atoms with Gasteiger partial charge < -0.3 is 30.1 Å². The predicted molar refractivity (Wildman–Crippen MR) is 181 cm³/mol. The predicted octanol–water partition coefficient (Wildman–Crippen LogP) is 2.46. The molecule has 2 saturated carbocycles. The quantitative estimate of drug-likeness (QED) is 0.357. The molecule has 50 heavy (non-hydrogen) atoms. The van der Waals surface area contributed by atoms with E-state index in [2.05, 4.69) is 20.6 Å². The Balaban J connectivity index is 1.32. The van der Waals surface area contributed by atoms with Crippen molar-refractivity contribution in [2.75, 3.05) is 20.7 Å². The topological polar surface area (TPSA) is 197 Å². The molecule has 3 heterocycles. The molecule has 0 bridgehead atoms. The van der Waals surface area contributed by atoms with Gasteiger partial charge in [0, 0.05) is 25.5 Å². The number of rotatable bonds is 7. The Hall–Kier alpha value is -4.47. The minimum absolute atomic E-state index is 0.00542. The summed E-state index contributed by atoms with van der Waals surface area (Å²) in [4.78, 5) is 64.7. The van der Waals surface area contributed by atoms with E-state index < -0.39 is 74.7 Å². The molecular formula is C34H44N6O9S. The lowest BCUT2D eigenvalue weighted by Gasteiger charge is -2.32. The number of carboxylic acid groups (broad SMARTS) is 1. The number of amides is 4. The van der Waals surface area contributed by atoms with Crippen LogP contribution in [-0.2, 0) is 24.4 Å². The van der Waals surface area contributed by atoms with Gasteiger partial charge in [-0.15, -0.1) is 0 Å². The molecule has 2 aliphatic heterocycles. The van der Waals surface area contributed by atoms with Crippen LogP contribution in [0.1, 0.15) is 58.8 Å². The number of aromatic nitrogens is 2. The molecule has 1 aromatic heterocycles.